The van der Waals surface area contributed by atoms with E-state index in [4.69, 9.17) is 5.11 Å². The standard InChI is InChI=1S/C15H21NO4S/c1-3-12-6-4-5-9-16(12)21(19,20)13-8-7-11(2)14(10-13)15(17)18/h7-8,10,12H,3-6,9H2,1-2H3,(H,17,18). The van der Waals surface area contributed by atoms with Crippen LogP contribution in [0.2, 0.25) is 0 Å². The molecule has 0 radical (unpaired) electrons. The van der Waals surface area contributed by atoms with Crippen molar-refractivity contribution >= 4 is 16.0 Å². The van der Waals surface area contributed by atoms with Crippen molar-refractivity contribution < 1.29 is 18.3 Å². The fourth-order valence-electron chi connectivity index (χ4n) is 2.83. The molecule has 1 atom stereocenters. The summed E-state index contributed by atoms with van der Waals surface area (Å²) < 4.78 is 27.1. The van der Waals surface area contributed by atoms with Crippen LogP contribution in [0.4, 0.5) is 0 Å². The fourth-order valence-corrected chi connectivity index (χ4v) is 4.62. The maximum Gasteiger partial charge on any atom is 0.335 e. The highest BCUT2D eigenvalue weighted by molar-refractivity contribution is 7.89. The Bertz CT molecular complexity index is 639. The summed E-state index contributed by atoms with van der Waals surface area (Å²) in [6.07, 6.45) is 3.54. The van der Waals surface area contributed by atoms with Gasteiger partial charge in [-0.15, -0.1) is 0 Å². The number of benzene rings is 1. The van der Waals surface area contributed by atoms with Crippen molar-refractivity contribution in [2.45, 2.75) is 50.5 Å². The Kier molecular flexibility index (Phi) is 4.68. The van der Waals surface area contributed by atoms with Crippen molar-refractivity contribution in [3.05, 3.63) is 29.3 Å². The van der Waals surface area contributed by atoms with Crippen molar-refractivity contribution in [2.24, 2.45) is 0 Å². The SMILES string of the molecule is CCC1CCCCN1S(=O)(=O)c1ccc(C)c(C(=O)O)c1. The van der Waals surface area contributed by atoms with Gasteiger partial charge in [-0.2, -0.15) is 4.31 Å². The summed E-state index contributed by atoms with van der Waals surface area (Å²) in [7, 11) is -3.63. The smallest absolute Gasteiger partial charge is 0.335 e. The van der Waals surface area contributed by atoms with E-state index in [1.165, 1.54) is 16.4 Å². The number of sulfonamides is 1. The molecule has 0 spiro atoms. The summed E-state index contributed by atoms with van der Waals surface area (Å²) in [5.74, 6) is -1.10. The minimum Gasteiger partial charge on any atom is -0.478 e. The first-order valence-corrected chi connectivity index (χ1v) is 8.67. The van der Waals surface area contributed by atoms with Crippen LogP contribution in [0.3, 0.4) is 0 Å². The number of hydrogen-bond donors (Lipinski definition) is 1. The first-order chi connectivity index (χ1) is 9.87. The van der Waals surface area contributed by atoms with E-state index >= 15 is 0 Å². The van der Waals surface area contributed by atoms with Gasteiger partial charge in [0, 0.05) is 12.6 Å². The number of piperidine rings is 1. The third-order valence-corrected chi connectivity index (χ3v) is 6.04. The molecule has 1 N–H and O–H groups in total. The fraction of sp³-hybridized carbons (Fsp3) is 0.533. The number of aryl methyl sites for hydroxylation is 1. The van der Waals surface area contributed by atoms with Crippen molar-refractivity contribution in [2.75, 3.05) is 6.54 Å². The van der Waals surface area contributed by atoms with E-state index < -0.39 is 16.0 Å². The number of rotatable bonds is 4. The van der Waals surface area contributed by atoms with Crippen molar-refractivity contribution in [1.82, 2.24) is 4.31 Å². The van der Waals surface area contributed by atoms with Crippen LogP contribution in [0, 0.1) is 6.92 Å². The van der Waals surface area contributed by atoms with Gasteiger partial charge in [-0.1, -0.05) is 19.4 Å². The summed E-state index contributed by atoms with van der Waals surface area (Å²) in [6, 6.07) is 4.34. The van der Waals surface area contributed by atoms with E-state index in [0.717, 1.165) is 25.7 Å². The summed E-state index contributed by atoms with van der Waals surface area (Å²) >= 11 is 0. The van der Waals surface area contributed by atoms with Crippen LogP contribution >= 0.6 is 0 Å². The molecule has 116 valence electrons. The highest BCUT2D eigenvalue weighted by Gasteiger charge is 2.32. The molecule has 1 aliphatic rings. The van der Waals surface area contributed by atoms with Gasteiger partial charge in [-0.3, -0.25) is 0 Å². The van der Waals surface area contributed by atoms with Crippen LogP contribution < -0.4 is 0 Å². The van der Waals surface area contributed by atoms with Crippen LogP contribution in [-0.4, -0.2) is 36.4 Å². The number of hydrogen-bond acceptors (Lipinski definition) is 3. The number of nitrogens with zero attached hydrogens (tertiary/aromatic N) is 1. The van der Waals surface area contributed by atoms with Gasteiger partial charge in [0.1, 0.15) is 0 Å². The van der Waals surface area contributed by atoms with Crippen molar-refractivity contribution in [1.29, 1.82) is 0 Å². The molecular formula is C15H21NO4S. The van der Waals surface area contributed by atoms with Gasteiger partial charge in [-0.05, 0) is 43.9 Å². The number of aromatic carboxylic acids is 1. The summed E-state index contributed by atoms with van der Waals surface area (Å²) in [5.41, 5.74) is 0.605. The highest BCUT2D eigenvalue weighted by Crippen LogP contribution is 2.27. The second-order valence-corrected chi connectivity index (χ2v) is 7.35. The summed E-state index contributed by atoms with van der Waals surface area (Å²) in [4.78, 5) is 11.3. The van der Waals surface area contributed by atoms with Crippen LogP contribution in [-0.2, 0) is 10.0 Å². The van der Waals surface area contributed by atoms with Crippen LogP contribution in [0.5, 0.6) is 0 Å². The molecule has 1 aromatic rings. The topological polar surface area (TPSA) is 74.7 Å². The molecule has 0 aliphatic carbocycles. The molecule has 1 saturated heterocycles. The van der Waals surface area contributed by atoms with E-state index in [-0.39, 0.29) is 16.5 Å². The minimum atomic E-state index is -3.63. The monoisotopic (exact) mass is 311 g/mol. The maximum absolute atomic E-state index is 12.8. The van der Waals surface area contributed by atoms with Crippen molar-refractivity contribution in [3.63, 3.8) is 0 Å². The predicted molar refractivity (Wildman–Crippen MR) is 80.0 cm³/mol. The zero-order valence-corrected chi connectivity index (χ0v) is 13.2. The van der Waals surface area contributed by atoms with E-state index in [2.05, 4.69) is 0 Å². The number of carboxylic acid groups (broad SMARTS) is 1. The highest BCUT2D eigenvalue weighted by atomic mass is 32.2. The Labute approximate surface area is 125 Å². The van der Waals surface area contributed by atoms with E-state index in [1.807, 2.05) is 6.92 Å². The first kappa shape index (κ1) is 16.0. The van der Waals surface area contributed by atoms with Gasteiger partial charge in [0.05, 0.1) is 10.5 Å². The van der Waals surface area contributed by atoms with Crippen LogP contribution in [0.25, 0.3) is 0 Å². The maximum atomic E-state index is 12.8. The predicted octanol–water partition coefficient (Wildman–Crippen LogP) is 2.65. The molecule has 1 fully saturated rings. The van der Waals surface area contributed by atoms with E-state index in [1.54, 1.807) is 13.0 Å². The summed E-state index contributed by atoms with van der Waals surface area (Å²) in [6.45, 7) is 4.16. The molecule has 1 aliphatic heterocycles. The largest absolute Gasteiger partial charge is 0.478 e. The second-order valence-electron chi connectivity index (χ2n) is 5.46. The third kappa shape index (κ3) is 3.11. The van der Waals surface area contributed by atoms with Gasteiger partial charge in [-0.25, -0.2) is 13.2 Å². The third-order valence-electron chi connectivity index (χ3n) is 4.09. The molecule has 21 heavy (non-hydrogen) atoms. The molecule has 1 unspecified atom stereocenters. The van der Waals surface area contributed by atoms with Gasteiger partial charge < -0.3 is 5.11 Å². The number of carboxylic acids is 1. The van der Waals surface area contributed by atoms with Gasteiger partial charge in [0.15, 0.2) is 0 Å². The van der Waals surface area contributed by atoms with Crippen molar-refractivity contribution in [3.8, 4) is 0 Å². The Morgan fingerprint density at radius 3 is 2.71 bits per heavy atom. The van der Waals surface area contributed by atoms with E-state index in [9.17, 15) is 13.2 Å². The molecule has 6 heteroatoms. The normalized spacial score (nSPS) is 20.4. The molecule has 0 saturated carbocycles. The molecule has 1 aromatic carbocycles. The zero-order chi connectivity index (χ0) is 15.6. The molecule has 0 amide bonds. The lowest BCUT2D eigenvalue weighted by atomic mass is 10.0. The summed E-state index contributed by atoms with van der Waals surface area (Å²) in [5, 5.41) is 9.16. The van der Waals surface area contributed by atoms with Gasteiger partial charge in [0.25, 0.3) is 0 Å². The lowest BCUT2D eigenvalue weighted by molar-refractivity contribution is 0.0696. The quantitative estimate of drug-likeness (QED) is 0.927. The molecule has 0 aromatic heterocycles. The lowest BCUT2D eigenvalue weighted by Gasteiger charge is -2.34. The Balaban J connectivity index is 2.43. The minimum absolute atomic E-state index is 0.0123. The van der Waals surface area contributed by atoms with Crippen LogP contribution in [0.1, 0.15) is 48.5 Å². The number of carbonyl (C=O) groups is 1. The van der Waals surface area contributed by atoms with Gasteiger partial charge in [0.2, 0.25) is 10.0 Å². The Morgan fingerprint density at radius 2 is 2.10 bits per heavy atom. The zero-order valence-electron chi connectivity index (χ0n) is 12.4. The first-order valence-electron chi connectivity index (χ1n) is 7.23. The molecule has 1 heterocycles. The van der Waals surface area contributed by atoms with E-state index in [0.29, 0.717) is 12.1 Å². The molecule has 5 nitrogen and oxygen atoms in total. The molecule has 2 rings (SSSR count). The molecular weight excluding hydrogens is 290 g/mol. The average molecular weight is 311 g/mol. The molecule has 0 bridgehead atoms. The average Bonchev–Trinajstić information content (AvgIpc) is 2.47. The lowest BCUT2D eigenvalue weighted by Crippen LogP contribution is -2.43. The Hall–Kier alpha value is -1.40. The van der Waals surface area contributed by atoms with Crippen LogP contribution in [0.15, 0.2) is 23.1 Å². The Morgan fingerprint density at radius 1 is 1.38 bits per heavy atom. The van der Waals surface area contributed by atoms with Gasteiger partial charge >= 0.3 is 5.97 Å². The second kappa shape index (κ2) is 6.15.